The van der Waals surface area contributed by atoms with E-state index in [1.807, 2.05) is 19.9 Å². The zero-order valence-electron chi connectivity index (χ0n) is 9.09. The Morgan fingerprint density at radius 3 is 2.53 bits per heavy atom. The van der Waals surface area contributed by atoms with Gasteiger partial charge in [-0.1, -0.05) is 26.0 Å². The molecule has 0 aliphatic heterocycles. The van der Waals surface area contributed by atoms with Crippen LogP contribution in [0.5, 0.6) is 0 Å². The van der Waals surface area contributed by atoms with Crippen LogP contribution in [0.1, 0.15) is 32.3 Å². The molecule has 2 heteroatoms. The molecule has 1 aromatic carbocycles. The lowest BCUT2D eigenvalue weighted by molar-refractivity contribution is -0.124. The van der Waals surface area contributed by atoms with Gasteiger partial charge in [-0.25, -0.2) is 4.39 Å². The van der Waals surface area contributed by atoms with Gasteiger partial charge < -0.3 is 0 Å². The van der Waals surface area contributed by atoms with Crippen molar-refractivity contribution in [3.63, 3.8) is 0 Å². The minimum atomic E-state index is -0.365. The number of halogens is 1. The molecule has 1 fully saturated rings. The number of carbonyl (C=O) groups excluding carboxylic acids is 1. The Bertz CT molecular complexity index is 391. The number of ketones is 1. The Morgan fingerprint density at radius 2 is 2.07 bits per heavy atom. The SMILES string of the molecule is CC(C)C(=O)C1(c2cccc(F)c2)CC1. The highest BCUT2D eigenvalue weighted by Gasteiger charge is 2.51. The largest absolute Gasteiger partial charge is 0.298 e. The first-order valence-corrected chi connectivity index (χ1v) is 5.36. The van der Waals surface area contributed by atoms with Crippen molar-refractivity contribution < 1.29 is 9.18 Å². The molecule has 1 nitrogen and oxygen atoms in total. The smallest absolute Gasteiger partial charge is 0.145 e. The van der Waals surface area contributed by atoms with Crippen LogP contribution in [0.15, 0.2) is 24.3 Å². The Morgan fingerprint density at radius 1 is 1.40 bits per heavy atom. The van der Waals surface area contributed by atoms with Crippen molar-refractivity contribution in [2.45, 2.75) is 32.1 Å². The van der Waals surface area contributed by atoms with E-state index in [1.54, 1.807) is 6.07 Å². The van der Waals surface area contributed by atoms with Crippen LogP contribution in [0, 0.1) is 11.7 Å². The quantitative estimate of drug-likeness (QED) is 0.742. The van der Waals surface area contributed by atoms with Crippen molar-refractivity contribution in [2.75, 3.05) is 0 Å². The third kappa shape index (κ3) is 1.69. The van der Waals surface area contributed by atoms with Crippen LogP contribution in [0.25, 0.3) is 0 Å². The standard InChI is InChI=1S/C13H15FO/c1-9(2)12(15)13(6-7-13)10-4-3-5-11(14)8-10/h3-5,8-9H,6-7H2,1-2H3. The van der Waals surface area contributed by atoms with Crippen LogP contribution >= 0.6 is 0 Å². The first-order valence-electron chi connectivity index (χ1n) is 5.36. The summed E-state index contributed by atoms with van der Waals surface area (Å²) < 4.78 is 13.1. The minimum absolute atomic E-state index is 0.0239. The summed E-state index contributed by atoms with van der Waals surface area (Å²) in [6.45, 7) is 3.81. The van der Waals surface area contributed by atoms with E-state index in [4.69, 9.17) is 0 Å². The van der Waals surface area contributed by atoms with Gasteiger partial charge >= 0.3 is 0 Å². The molecule has 0 saturated heterocycles. The molecule has 15 heavy (non-hydrogen) atoms. The second-order valence-corrected chi connectivity index (χ2v) is 4.61. The summed E-state index contributed by atoms with van der Waals surface area (Å²) in [7, 11) is 0. The molecule has 1 saturated carbocycles. The number of rotatable bonds is 3. The molecule has 1 aromatic rings. The summed E-state index contributed by atoms with van der Waals surface area (Å²) in [6.07, 6.45) is 1.74. The van der Waals surface area contributed by atoms with Gasteiger partial charge in [0.15, 0.2) is 0 Å². The van der Waals surface area contributed by atoms with E-state index in [1.165, 1.54) is 12.1 Å². The highest BCUT2D eigenvalue weighted by Crippen LogP contribution is 2.50. The molecule has 0 spiro atoms. The monoisotopic (exact) mass is 206 g/mol. The average molecular weight is 206 g/mol. The molecular formula is C13H15FO. The lowest BCUT2D eigenvalue weighted by atomic mass is 9.86. The van der Waals surface area contributed by atoms with Gasteiger partial charge in [-0.3, -0.25) is 4.79 Å². The number of hydrogen-bond donors (Lipinski definition) is 0. The van der Waals surface area contributed by atoms with E-state index in [2.05, 4.69) is 0 Å². The Kier molecular flexibility index (Phi) is 2.37. The Labute approximate surface area is 89.3 Å². The highest BCUT2D eigenvalue weighted by molar-refractivity contribution is 5.94. The molecule has 0 aromatic heterocycles. The van der Waals surface area contributed by atoms with Gasteiger partial charge in [0.05, 0.1) is 5.41 Å². The van der Waals surface area contributed by atoms with Gasteiger partial charge in [0.2, 0.25) is 0 Å². The molecule has 1 aliphatic rings. The first-order chi connectivity index (χ1) is 7.06. The van der Waals surface area contributed by atoms with Crippen LogP contribution < -0.4 is 0 Å². The van der Waals surface area contributed by atoms with Gasteiger partial charge in [0, 0.05) is 5.92 Å². The van der Waals surface area contributed by atoms with E-state index in [-0.39, 0.29) is 22.9 Å². The number of Topliss-reactive ketones (excluding diaryl/α,β-unsaturated/α-hetero) is 1. The predicted molar refractivity (Wildman–Crippen MR) is 57.2 cm³/mol. The summed E-state index contributed by atoms with van der Waals surface area (Å²) in [5.74, 6) is 0.0131. The molecule has 1 aliphatic carbocycles. The molecule has 0 unspecified atom stereocenters. The lowest BCUT2D eigenvalue weighted by Crippen LogP contribution is -2.25. The van der Waals surface area contributed by atoms with Crippen LogP contribution in [-0.2, 0) is 10.2 Å². The number of carbonyl (C=O) groups is 1. The average Bonchev–Trinajstić information content (AvgIpc) is 2.97. The number of hydrogen-bond acceptors (Lipinski definition) is 1. The maximum Gasteiger partial charge on any atom is 0.145 e. The zero-order chi connectivity index (χ0) is 11.1. The van der Waals surface area contributed by atoms with Crippen LogP contribution in [0.3, 0.4) is 0 Å². The fraction of sp³-hybridized carbons (Fsp3) is 0.462. The van der Waals surface area contributed by atoms with E-state index < -0.39 is 0 Å². The second-order valence-electron chi connectivity index (χ2n) is 4.61. The summed E-state index contributed by atoms with van der Waals surface area (Å²) >= 11 is 0. The number of benzene rings is 1. The molecule has 0 amide bonds. The third-order valence-electron chi connectivity index (χ3n) is 3.12. The molecule has 80 valence electrons. The van der Waals surface area contributed by atoms with Crippen molar-refractivity contribution in [1.82, 2.24) is 0 Å². The van der Waals surface area contributed by atoms with Crippen molar-refractivity contribution >= 4 is 5.78 Å². The summed E-state index contributed by atoms with van der Waals surface area (Å²) in [5.41, 5.74) is 0.484. The summed E-state index contributed by atoms with van der Waals surface area (Å²) in [4.78, 5) is 12.0. The van der Waals surface area contributed by atoms with Gasteiger partial charge in [-0.2, -0.15) is 0 Å². The maximum absolute atomic E-state index is 13.1. The van der Waals surface area contributed by atoms with Crippen molar-refractivity contribution in [1.29, 1.82) is 0 Å². The Hall–Kier alpha value is -1.18. The maximum atomic E-state index is 13.1. The van der Waals surface area contributed by atoms with E-state index in [0.717, 1.165) is 18.4 Å². The minimum Gasteiger partial charge on any atom is -0.298 e. The van der Waals surface area contributed by atoms with Crippen LogP contribution in [-0.4, -0.2) is 5.78 Å². The molecule has 0 radical (unpaired) electrons. The topological polar surface area (TPSA) is 17.1 Å². The molecule has 2 rings (SSSR count). The highest BCUT2D eigenvalue weighted by atomic mass is 19.1. The van der Waals surface area contributed by atoms with Crippen molar-refractivity contribution in [3.8, 4) is 0 Å². The van der Waals surface area contributed by atoms with E-state index in [0.29, 0.717) is 0 Å². The van der Waals surface area contributed by atoms with Gasteiger partial charge in [0.1, 0.15) is 11.6 Å². The van der Waals surface area contributed by atoms with Gasteiger partial charge in [-0.05, 0) is 30.5 Å². The van der Waals surface area contributed by atoms with E-state index >= 15 is 0 Å². The fourth-order valence-corrected chi connectivity index (χ4v) is 2.14. The summed E-state index contributed by atoms with van der Waals surface area (Å²) in [6, 6.07) is 6.45. The first kappa shape index (κ1) is 10.3. The van der Waals surface area contributed by atoms with Crippen LogP contribution in [0.2, 0.25) is 0 Å². The lowest BCUT2D eigenvalue weighted by Gasteiger charge is -2.16. The fourth-order valence-electron chi connectivity index (χ4n) is 2.14. The Balaban J connectivity index is 2.35. The molecule has 0 atom stereocenters. The third-order valence-corrected chi connectivity index (χ3v) is 3.12. The molecule has 0 heterocycles. The molecule has 0 bridgehead atoms. The molecule has 0 N–H and O–H groups in total. The predicted octanol–water partition coefficient (Wildman–Crippen LogP) is 3.08. The van der Waals surface area contributed by atoms with Gasteiger partial charge in [0.25, 0.3) is 0 Å². The summed E-state index contributed by atoms with van der Waals surface area (Å²) in [5, 5.41) is 0. The van der Waals surface area contributed by atoms with Gasteiger partial charge in [-0.15, -0.1) is 0 Å². The molecular weight excluding hydrogens is 191 g/mol. The van der Waals surface area contributed by atoms with Crippen molar-refractivity contribution in [2.24, 2.45) is 5.92 Å². The van der Waals surface area contributed by atoms with Crippen molar-refractivity contribution in [3.05, 3.63) is 35.6 Å². The normalized spacial score (nSPS) is 17.9. The second kappa shape index (κ2) is 3.44. The van der Waals surface area contributed by atoms with E-state index in [9.17, 15) is 9.18 Å². The zero-order valence-corrected chi connectivity index (χ0v) is 9.09. The van der Waals surface area contributed by atoms with Crippen LogP contribution in [0.4, 0.5) is 4.39 Å².